The maximum absolute atomic E-state index is 11.4. The number of amides is 1. The Bertz CT molecular complexity index is 201. The van der Waals surface area contributed by atoms with Crippen LogP contribution >= 0.6 is 11.8 Å². The van der Waals surface area contributed by atoms with E-state index in [0.717, 1.165) is 18.1 Å². The zero-order valence-corrected chi connectivity index (χ0v) is 8.49. The van der Waals surface area contributed by atoms with Gasteiger partial charge in [-0.3, -0.25) is 4.79 Å². The minimum atomic E-state index is -0.00576. The Hall–Kier alpha value is -0.440. The molecule has 0 radical (unpaired) electrons. The number of hydrogen-bond donors (Lipinski definition) is 0. The molecule has 1 heterocycles. The van der Waals surface area contributed by atoms with E-state index < -0.39 is 0 Å². The fraction of sp³-hybridized carbons (Fsp3) is 0.667. The van der Waals surface area contributed by atoms with Crippen molar-refractivity contribution in [1.29, 1.82) is 0 Å². The van der Waals surface area contributed by atoms with Crippen LogP contribution in [-0.4, -0.2) is 34.4 Å². The summed E-state index contributed by atoms with van der Waals surface area (Å²) in [4.78, 5) is 13.3. The Labute approximate surface area is 78.0 Å². The quantitative estimate of drug-likeness (QED) is 0.577. The zero-order chi connectivity index (χ0) is 9.19. The average molecular weight is 185 g/mol. The monoisotopic (exact) mass is 185 g/mol. The van der Waals surface area contributed by atoms with E-state index in [1.807, 2.05) is 16.7 Å². The van der Waals surface area contributed by atoms with Gasteiger partial charge in [-0.2, -0.15) is 11.8 Å². The summed E-state index contributed by atoms with van der Waals surface area (Å²) in [5, 5.41) is 0. The van der Waals surface area contributed by atoms with Crippen LogP contribution in [0.1, 0.15) is 13.8 Å². The predicted octanol–water partition coefficient (Wildman–Crippen LogP) is 1.53. The molecule has 3 heteroatoms. The molecule has 1 saturated heterocycles. The van der Waals surface area contributed by atoms with E-state index in [1.165, 1.54) is 6.08 Å². The van der Waals surface area contributed by atoms with Crippen molar-refractivity contribution in [1.82, 2.24) is 4.90 Å². The van der Waals surface area contributed by atoms with Crippen LogP contribution in [0.25, 0.3) is 0 Å². The van der Waals surface area contributed by atoms with Crippen molar-refractivity contribution < 1.29 is 4.79 Å². The third-order valence-electron chi connectivity index (χ3n) is 2.09. The molecule has 1 aliphatic rings. The van der Waals surface area contributed by atoms with E-state index >= 15 is 0 Å². The Morgan fingerprint density at radius 2 is 2.33 bits per heavy atom. The summed E-state index contributed by atoms with van der Waals surface area (Å²) in [6.07, 6.45) is 1.40. The Kier molecular flexibility index (Phi) is 2.83. The van der Waals surface area contributed by atoms with Crippen molar-refractivity contribution in [3.05, 3.63) is 12.7 Å². The van der Waals surface area contributed by atoms with Crippen molar-refractivity contribution in [2.75, 3.05) is 18.1 Å². The Balaban J connectivity index is 2.72. The second-order valence-electron chi connectivity index (χ2n) is 3.56. The summed E-state index contributed by atoms with van der Waals surface area (Å²) in [6.45, 7) is 8.55. The largest absolute Gasteiger partial charge is 0.332 e. The van der Waals surface area contributed by atoms with Crippen LogP contribution in [0.2, 0.25) is 0 Å². The lowest BCUT2D eigenvalue weighted by Gasteiger charge is -2.41. The summed E-state index contributed by atoms with van der Waals surface area (Å²) in [6, 6.07) is 0. The van der Waals surface area contributed by atoms with Gasteiger partial charge in [0.15, 0.2) is 0 Å². The van der Waals surface area contributed by atoms with E-state index in [2.05, 4.69) is 20.4 Å². The molecule has 0 aromatic heterocycles. The predicted molar refractivity (Wildman–Crippen MR) is 53.3 cm³/mol. The van der Waals surface area contributed by atoms with Gasteiger partial charge < -0.3 is 4.90 Å². The molecule has 0 atom stereocenters. The first-order valence-corrected chi connectivity index (χ1v) is 5.25. The summed E-state index contributed by atoms with van der Waals surface area (Å²) in [5.74, 6) is 2.12. The van der Waals surface area contributed by atoms with Crippen molar-refractivity contribution >= 4 is 17.7 Å². The molecule has 2 nitrogen and oxygen atoms in total. The lowest BCUT2D eigenvalue weighted by molar-refractivity contribution is -0.130. The summed E-state index contributed by atoms with van der Waals surface area (Å²) in [7, 11) is 0. The van der Waals surface area contributed by atoms with E-state index in [1.54, 1.807) is 0 Å². The van der Waals surface area contributed by atoms with Crippen molar-refractivity contribution in [3.8, 4) is 0 Å². The second kappa shape index (κ2) is 3.52. The van der Waals surface area contributed by atoms with Crippen LogP contribution < -0.4 is 0 Å². The van der Waals surface area contributed by atoms with Gasteiger partial charge in [0.05, 0.1) is 0 Å². The minimum absolute atomic E-state index is 0.00576. The number of carbonyl (C=O) groups is 1. The highest BCUT2D eigenvalue weighted by Crippen LogP contribution is 2.25. The van der Waals surface area contributed by atoms with Crippen LogP contribution in [0.15, 0.2) is 12.7 Å². The Morgan fingerprint density at radius 3 is 2.83 bits per heavy atom. The molecule has 1 aliphatic heterocycles. The van der Waals surface area contributed by atoms with Crippen LogP contribution in [0, 0.1) is 0 Å². The standard InChI is InChI=1S/C9H15NOS/c1-4-8(11)10-5-6-12-7-9(10,2)3/h4H,1,5-7H2,2-3H3. The second-order valence-corrected chi connectivity index (χ2v) is 4.66. The molecule has 0 saturated carbocycles. The van der Waals surface area contributed by atoms with Crippen molar-refractivity contribution in [3.63, 3.8) is 0 Å². The molecular formula is C9H15NOS. The van der Waals surface area contributed by atoms with Crippen molar-refractivity contribution in [2.45, 2.75) is 19.4 Å². The lowest BCUT2D eigenvalue weighted by Crippen LogP contribution is -2.52. The Morgan fingerprint density at radius 1 is 1.67 bits per heavy atom. The van der Waals surface area contributed by atoms with Crippen molar-refractivity contribution in [2.24, 2.45) is 0 Å². The molecule has 0 bridgehead atoms. The van der Waals surface area contributed by atoms with E-state index in [-0.39, 0.29) is 11.4 Å². The molecular weight excluding hydrogens is 170 g/mol. The normalized spacial score (nSPS) is 22.0. The minimum Gasteiger partial charge on any atom is -0.332 e. The molecule has 0 N–H and O–H groups in total. The van der Waals surface area contributed by atoms with Gasteiger partial charge >= 0.3 is 0 Å². The molecule has 1 rings (SSSR count). The molecule has 0 aromatic rings. The number of hydrogen-bond acceptors (Lipinski definition) is 2. The van der Waals surface area contributed by atoms with E-state index in [0.29, 0.717) is 0 Å². The van der Waals surface area contributed by atoms with Gasteiger partial charge in [0.1, 0.15) is 0 Å². The first-order chi connectivity index (χ1) is 5.58. The maximum atomic E-state index is 11.4. The average Bonchev–Trinajstić information content (AvgIpc) is 2.02. The molecule has 0 aliphatic carbocycles. The molecule has 0 unspecified atom stereocenters. The van der Waals surface area contributed by atoms with Gasteiger partial charge in [0.2, 0.25) is 5.91 Å². The number of nitrogens with zero attached hydrogens (tertiary/aromatic N) is 1. The fourth-order valence-electron chi connectivity index (χ4n) is 1.38. The summed E-state index contributed by atoms with van der Waals surface area (Å²) in [5.41, 5.74) is -0.00576. The third kappa shape index (κ3) is 1.83. The smallest absolute Gasteiger partial charge is 0.246 e. The first kappa shape index (κ1) is 9.65. The molecule has 12 heavy (non-hydrogen) atoms. The van der Waals surface area contributed by atoms with Crippen LogP contribution in [0.5, 0.6) is 0 Å². The lowest BCUT2D eigenvalue weighted by atomic mass is 10.1. The topological polar surface area (TPSA) is 20.3 Å². The molecule has 1 amide bonds. The molecule has 68 valence electrons. The first-order valence-electron chi connectivity index (χ1n) is 4.10. The fourth-order valence-corrected chi connectivity index (χ4v) is 2.49. The SMILES string of the molecule is C=CC(=O)N1CCSCC1(C)C. The van der Waals surface area contributed by atoms with Crippen LogP contribution in [0.4, 0.5) is 0 Å². The van der Waals surface area contributed by atoms with E-state index in [4.69, 9.17) is 0 Å². The van der Waals surface area contributed by atoms with Gasteiger partial charge in [-0.25, -0.2) is 0 Å². The third-order valence-corrected chi connectivity index (χ3v) is 3.47. The van der Waals surface area contributed by atoms with E-state index in [9.17, 15) is 4.79 Å². The highest BCUT2D eigenvalue weighted by Gasteiger charge is 2.32. The number of rotatable bonds is 1. The molecule has 0 aromatic carbocycles. The maximum Gasteiger partial charge on any atom is 0.246 e. The zero-order valence-electron chi connectivity index (χ0n) is 7.67. The highest BCUT2D eigenvalue weighted by molar-refractivity contribution is 7.99. The summed E-state index contributed by atoms with van der Waals surface area (Å²) < 4.78 is 0. The van der Waals surface area contributed by atoms with Gasteiger partial charge in [-0.15, -0.1) is 0 Å². The molecule has 0 spiro atoms. The van der Waals surface area contributed by atoms with Gasteiger partial charge in [0.25, 0.3) is 0 Å². The molecule has 1 fully saturated rings. The number of carbonyl (C=O) groups excluding carboxylic acids is 1. The van der Waals surface area contributed by atoms with Crippen LogP contribution in [0.3, 0.4) is 0 Å². The van der Waals surface area contributed by atoms with Gasteiger partial charge in [-0.05, 0) is 19.9 Å². The van der Waals surface area contributed by atoms with Gasteiger partial charge in [-0.1, -0.05) is 6.58 Å². The van der Waals surface area contributed by atoms with Gasteiger partial charge in [0, 0.05) is 23.6 Å². The summed E-state index contributed by atoms with van der Waals surface area (Å²) >= 11 is 1.91. The highest BCUT2D eigenvalue weighted by atomic mass is 32.2. The number of thioether (sulfide) groups is 1. The van der Waals surface area contributed by atoms with Crippen LogP contribution in [-0.2, 0) is 4.79 Å².